The molecular weight excluding hydrogens is 567 g/mol. The molecule has 0 atom stereocenters. The minimum Gasteiger partial charge on any atom is -1.00 e. The summed E-state index contributed by atoms with van der Waals surface area (Å²) in [4.78, 5) is 17.9. The summed E-state index contributed by atoms with van der Waals surface area (Å²) in [6, 6.07) is 10.2. The van der Waals surface area contributed by atoms with E-state index < -0.39 is 28.7 Å². The Morgan fingerprint density at radius 3 is 2.41 bits per heavy atom. The zero-order chi connectivity index (χ0) is 22.6. The summed E-state index contributed by atoms with van der Waals surface area (Å²) >= 11 is 4.47. The van der Waals surface area contributed by atoms with Crippen molar-refractivity contribution in [2.45, 2.75) is 22.7 Å². The van der Waals surface area contributed by atoms with Crippen LogP contribution < -0.4 is 59.1 Å². The maximum atomic E-state index is 13.8. The molecule has 0 saturated carbocycles. The second-order valence-electron chi connectivity index (χ2n) is 6.30. The van der Waals surface area contributed by atoms with Gasteiger partial charge in [-0.05, 0) is 29.8 Å². The Balaban J connectivity index is -0.00000240. The molecule has 0 aliphatic rings. The van der Waals surface area contributed by atoms with Gasteiger partial charge in [0.2, 0.25) is 0 Å². The van der Waals surface area contributed by atoms with Crippen LogP contribution in [-0.4, -0.2) is 30.2 Å². The molecule has 2 rings (SSSR count). The van der Waals surface area contributed by atoms with E-state index >= 15 is 0 Å². The molecule has 0 unspecified atom stereocenters. The van der Waals surface area contributed by atoms with Crippen LogP contribution in [0.5, 0.6) is 0 Å². The van der Waals surface area contributed by atoms with Crippen LogP contribution in [0.15, 0.2) is 51.8 Å². The van der Waals surface area contributed by atoms with E-state index in [2.05, 4.69) is 27.8 Å². The molecule has 0 saturated heterocycles. The number of hydrogen-bond donors (Lipinski definition) is 2. The number of benzene rings is 2. The molecule has 0 aliphatic heterocycles. The molecule has 0 fully saturated rings. The van der Waals surface area contributed by atoms with Crippen molar-refractivity contribution >= 4 is 45.1 Å². The number of halogens is 3. The Morgan fingerprint density at radius 1 is 1.19 bits per heavy atom. The molecule has 2 aromatic rings. The molecule has 0 heterocycles. The number of rotatable bonds is 7. The first-order valence-electron chi connectivity index (χ1n) is 8.41. The summed E-state index contributed by atoms with van der Waals surface area (Å²) in [7, 11) is -8.91. The van der Waals surface area contributed by atoms with Crippen LogP contribution in [0.2, 0.25) is 0 Å². The average molecular weight is 587 g/mol. The molecule has 0 radical (unpaired) electrons. The third-order valence-corrected chi connectivity index (χ3v) is 7.63. The van der Waals surface area contributed by atoms with Crippen LogP contribution in [0, 0.1) is 11.8 Å². The molecule has 0 bridgehead atoms. The zero-order valence-electron chi connectivity index (χ0n) is 19.7. The van der Waals surface area contributed by atoms with E-state index in [-0.39, 0.29) is 71.3 Å². The fourth-order valence-corrected chi connectivity index (χ4v) is 5.14. The Kier molecular flexibility index (Phi) is 14.1. The van der Waals surface area contributed by atoms with Gasteiger partial charge in [-0.15, -0.1) is 0 Å². The first kappa shape index (κ1) is 32.8. The monoisotopic (exact) mass is 586 g/mol. The minimum absolute atomic E-state index is 0. The predicted molar refractivity (Wildman–Crippen MR) is 120 cm³/mol. The van der Waals surface area contributed by atoms with Crippen molar-refractivity contribution < 1.29 is 93.5 Å². The molecule has 2 N–H and O–H groups in total. The maximum Gasteiger partial charge on any atom is 1.00 e. The van der Waals surface area contributed by atoms with Gasteiger partial charge in [0.15, 0.2) is 9.84 Å². The molecule has 2 aromatic carbocycles. The van der Waals surface area contributed by atoms with E-state index in [1.807, 2.05) is 0 Å². The van der Waals surface area contributed by atoms with Crippen LogP contribution in [0.25, 0.3) is 0 Å². The van der Waals surface area contributed by atoms with Crippen LogP contribution >= 0.6 is 35.3 Å². The number of sulfone groups is 1. The van der Waals surface area contributed by atoms with Crippen molar-refractivity contribution in [1.82, 2.24) is 0 Å². The van der Waals surface area contributed by atoms with E-state index in [4.69, 9.17) is 9.79 Å². The molecule has 13 heteroatoms. The molecule has 0 aliphatic carbocycles. The zero-order valence-corrected chi connectivity index (χ0v) is 25.8. The van der Waals surface area contributed by atoms with Gasteiger partial charge in [0.05, 0.1) is 4.90 Å². The fraction of sp³-hybridized carbons (Fsp3) is 0.263. The van der Waals surface area contributed by atoms with Crippen molar-refractivity contribution in [3.63, 3.8) is 0 Å². The standard InChI is InChI=1S/C19H18BrF2O5PS2.2Na.2H/c1-30(26,27)16-7-4-6-14(11-16)5-2-3-10-29-13-15-8-9-17(18(20)12-15)19(21,22)28(23,24)25;;;;/h4,6-9,11-12H,3,10,13H2,1H3,(H2,23,24,25);;;;/q;2*+1;2*-1. The van der Waals surface area contributed by atoms with Crippen LogP contribution in [0.3, 0.4) is 0 Å². The topological polar surface area (TPSA) is 91.7 Å². The molecular formula is C19H20BrF2Na2O5PS2. The maximum absolute atomic E-state index is 13.8. The van der Waals surface area contributed by atoms with Gasteiger partial charge in [-0.2, -0.15) is 20.5 Å². The van der Waals surface area contributed by atoms with E-state index in [9.17, 15) is 21.8 Å². The van der Waals surface area contributed by atoms with Gasteiger partial charge in [0.25, 0.3) is 0 Å². The van der Waals surface area contributed by atoms with E-state index in [1.165, 1.54) is 36.0 Å². The second-order valence-corrected chi connectivity index (χ2v) is 11.9. The second kappa shape index (κ2) is 13.8. The normalized spacial score (nSPS) is 11.6. The van der Waals surface area contributed by atoms with Gasteiger partial charge in [-0.1, -0.05) is 46.0 Å². The van der Waals surface area contributed by atoms with Crippen LogP contribution in [-0.2, 0) is 25.8 Å². The van der Waals surface area contributed by atoms with Gasteiger partial charge >= 0.3 is 72.4 Å². The number of hydrogen-bond acceptors (Lipinski definition) is 4. The van der Waals surface area contributed by atoms with Crippen molar-refractivity contribution in [3.8, 4) is 11.8 Å². The average Bonchev–Trinajstić information content (AvgIpc) is 2.63. The van der Waals surface area contributed by atoms with Crippen LogP contribution in [0.4, 0.5) is 8.78 Å². The summed E-state index contributed by atoms with van der Waals surface area (Å²) in [6.07, 6.45) is 1.68. The van der Waals surface area contributed by atoms with Crippen molar-refractivity contribution in [2.75, 3.05) is 12.0 Å². The third-order valence-electron chi connectivity index (χ3n) is 3.86. The fourth-order valence-electron chi connectivity index (χ4n) is 2.33. The van der Waals surface area contributed by atoms with E-state index in [0.29, 0.717) is 29.1 Å². The van der Waals surface area contributed by atoms with Gasteiger partial charge in [0, 0.05) is 39.8 Å². The van der Waals surface area contributed by atoms with Gasteiger partial charge < -0.3 is 12.6 Å². The van der Waals surface area contributed by atoms with Gasteiger partial charge in [-0.3, -0.25) is 4.57 Å². The Bertz CT molecular complexity index is 1160. The SMILES string of the molecule is CS(=O)(=O)c1cccc(C#CCCSCc2ccc(C(F)(F)P(=O)(O)O)c(Br)c2)c1.[H-].[H-].[Na+].[Na+]. The summed E-state index contributed by atoms with van der Waals surface area (Å²) in [6.45, 7) is 0. The first-order chi connectivity index (χ1) is 13.8. The molecule has 32 heavy (non-hydrogen) atoms. The van der Waals surface area contributed by atoms with Crippen molar-refractivity contribution in [1.29, 1.82) is 0 Å². The number of thioether (sulfide) groups is 1. The number of alkyl halides is 2. The van der Waals surface area contributed by atoms with E-state index in [1.54, 1.807) is 12.1 Å². The Labute approximate surface area is 246 Å². The largest absolute Gasteiger partial charge is 1.00 e. The Hall–Kier alpha value is 0.790. The molecule has 166 valence electrons. The van der Waals surface area contributed by atoms with Gasteiger partial charge in [-0.25, -0.2) is 8.42 Å². The minimum atomic E-state index is -5.62. The van der Waals surface area contributed by atoms with Crippen molar-refractivity contribution in [3.05, 3.63) is 63.6 Å². The van der Waals surface area contributed by atoms with Crippen LogP contribution in [0.1, 0.15) is 26.0 Å². The summed E-state index contributed by atoms with van der Waals surface area (Å²) < 4.78 is 61.7. The first-order valence-corrected chi connectivity index (χ1v) is 13.9. The molecule has 0 aromatic heterocycles. The predicted octanol–water partition coefficient (Wildman–Crippen LogP) is -1.01. The molecule has 0 amide bonds. The smallest absolute Gasteiger partial charge is 1.00 e. The summed E-state index contributed by atoms with van der Waals surface area (Å²) in [5.41, 5.74) is -3.70. The van der Waals surface area contributed by atoms with Gasteiger partial charge in [0.1, 0.15) is 0 Å². The quantitative estimate of drug-likeness (QED) is 0.187. The third kappa shape index (κ3) is 9.44. The molecule has 5 nitrogen and oxygen atoms in total. The summed E-state index contributed by atoms with van der Waals surface area (Å²) in [5.74, 6) is 7.04. The summed E-state index contributed by atoms with van der Waals surface area (Å²) in [5, 5.41) is 0. The van der Waals surface area contributed by atoms with Crippen molar-refractivity contribution in [2.24, 2.45) is 0 Å². The molecule has 0 spiro atoms. The Morgan fingerprint density at radius 2 is 1.84 bits per heavy atom. The van der Waals surface area contributed by atoms with E-state index in [0.717, 1.165) is 12.3 Å².